The van der Waals surface area contributed by atoms with Gasteiger partial charge in [-0.1, -0.05) is 30.3 Å². The second kappa shape index (κ2) is 12.9. The second-order valence-corrected chi connectivity index (χ2v) is 7.35. The summed E-state index contributed by atoms with van der Waals surface area (Å²) in [7, 11) is 0. The smallest absolute Gasteiger partial charge is 0.407 e. The molecule has 2 aromatic carbocycles. The minimum atomic E-state index is -0.621. The van der Waals surface area contributed by atoms with Crippen LogP contribution in [0.15, 0.2) is 48.5 Å². The topological polar surface area (TPSA) is 123 Å². The number of alkyl carbamates (subject to hydrolysis) is 1. The average molecular weight is 459 g/mol. The molecule has 0 bridgehead atoms. The SMILES string of the molecule is CCOC(=O)CC(NC(=O)c1ccc(OCCNC(=O)OC(C)C)cc1O)c1ccccc1. The number of benzene rings is 2. The van der Waals surface area contributed by atoms with E-state index >= 15 is 0 Å². The zero-order valence-corrected chi connectivity index (χ0v) is 19.0. The molecule has 0 fully saturated rings. The number of hydrogen-bond acceptors (Lipinski definition) is 7. The van der Waals surface area contributed by atoms with Crippen LogP contribution < -0.4 is 15.4 Å². The molecule has 0 aliphatic rings. The first-order chi connectivity index (χ1) is 15.8. The van der Waals surface area contributed by atoms with Crippen LogP contribution in [0.2, 0.25) is 0 Å². The summed E-state index contributed by atoms with van der Waals surface area (Å²) in [5.74, 6) is -0.935. The Bertz CT molecular complexity index is 932. The maximum absolute atomic E-state index is 12.8. The lowest BCUT2D eigenvalue weighted by molar-refractivity contribution is -0.143. The van der Waals surface area contributed by atoms with Crippen molar-refractivity contribution in [1.82, 2.24) is 10.6 Å². The highest BCUT2D eigenvalue weighted by molar-refractivity contribution is 5.97. The Morgan fingerprint density at radius 2 is 1.79 bits per heavy atom. The predicted octanol–water partition coefficient (Wildman–Crippen LogP) is 3.33. The first-order valence-electron chi connectivity index (χ1n) is 10.7. The summed E-state index contributed by atoms with van der Waals surface area (Å²) in [5, 5.41) is 15.7. The Kier molecular flexibility index (Phi) is 10.0. The molecule has 0 saturated heterocycles. The van der Waals surface area contributed by atoms with Crippen LogP contribution in [0.3, 0.4) is 0 Å². The van der Waals surface area contributed by atoms with E-state index in [9.17, 15) is 19.5 Å². The van der Waals surface area contributed by atoms with Crippen LogP contribution >= 0.6 is 0 Å². The first kappa shape index (κ1) is 25.5. The summed E-state index contributed by atoms with van der Waals surface area (Å²) in [5.41, 5.74) is 0.771. The monoisotopic (exact) mass is 458 g/mol. The zero-order chi connectivity index (χ0) is 24.2. The molecule has 0 saturated carbocycles. The van der Waals surface area contributed by atoms with E-state index in [4.69, 9.17) is 14.2 Å². The third-order valence-electron chi connectivity index (χ3n) is 4.38. The van der Waals surface area contributed by atoms with Crippen molar-refractivity contribution in [3.05, 3.63) is 59.7 Å². The molecule has 0 aliphatic heterocycles. The standard InChI is InChI=1S/C24H30N2O7/c1-4-31-22(28)15-20(17-8-6-5-7-9-17)26-23(29)19-11-10-18(14-21(19)27)32-13-12-25-24(30)33-16(2)3/h5-11,14,16,20,27H,4,12-13,15H2,1-3H3,(H,25,30)(H,26,29). The molecule has 2 aromatic rings. The van der Waals surface area contributed by atoms with Crippen molar-refractivity contribution in [2.24, 2.45) is 0 Å². The van der Waals surface area contributed by atoms with Gasteiger partial charge in [0.2, 0.25) is 0 Å². The molecule has 178 valence electrons. The van der Waals surface area contributed by atoms with Crippen molar-refractivity contribution in [1.29, 1.82) is 0 Å². The second-order valence-electron chi connectivity index (χ2n) is 7.35. The van der Waals surface area contributed by atoms with E-state index < -0.39 is 24.0 Å². The van der Waals surface area contributed by atoms with Gasteiger partial charge in [-0.25, -0.2) is 4.79 Å². The Labute approximate surface area is 193 Å². The number of carbonyl (C=O) groups is 3. The zero-order valence-electron chi connectivity index (χ0n) is 19.0. The summed E-state index contributed by atoms with van der Waals surface area (Å²) in [6.07, 6.45) is -0.808. The number of hydrogen-bond donors (Lipinski definition) is 3. The van der Waals surface area contributed by atoms with Gasteiger partial charge in [-0.2, -0.15) is 0 Å². The van der Waals surface area contributed by atoms with Gasteiger partial charge in [0.1, 0.15) is 18.1 Å². The molecule has 9 heteroatoms. The maximum atomic E-state index is 12.8. The summed E-state index contributed by atoms with van der Waals surface area (Å²) >= 11 is 0. The average Bonchev–Trinajstić information content (AvgIpc) is 2.76. The van der Waals surface area contributed by atoms with E-state index in [2.05, 4.69) is 10.6 Å². The highest BCUT2D eigenvalue weighted by atomic mass is 16.6. The lowest BCUT2D eigenvalue weighted by Gasteiger charge is -2.19. The van der Waals surface area contributed by atoms with E-state index in [-0.39, 0.29) is 43.6 Å². The molecular formula is C24H30N2O7. The quantitative estimate of drug-likeness (QED) is 0.349. The summed E-state index contributed by atoms with van der Waals surface area (Å²) in [6, 6.07) is 12.7. The number of esters is 1. The van der Waals surface area contributed by atoms with Crippen LogP contribution in [-0.2, 0) is 14.3 Å². The van der Waals surface area contributed by atoms with Gasteiger partial charge in [0, 0.05) is 6.07 Å². The fourth-order valence-corrected chi connectivity index (χ4v) is 2.93. The number of nitrogens with one attached hydrogen (secondary N) is 2. The van der Waals surface area contributed by atoms with Crippen LogP contribution in [0.4, 0.5) is 4.79 Å². The van der Waals surface area contributed by atoms with Crippen molar-refractivity contribution < 1.29 is 33.7 Å². The Hall–Kier alpha value is -3.75. The normalized spacial score (nSPS) is 11.4. The molecule has 1 atom stereocenters. The van der Waals surface area contributed by atoms with Crippen molar-refractivity contribution in [2.45, 2.75) is 39.3 Å². The molecule has 2 amide bonds. The van der Waals surface area contributed by atoms with Gasteiger partial charge in [-0.3, -0.25) is 9.59 Å². The summed E-state index contributed by atoms with van der Waals surface area (Å²) in [6.45, 7) is 5.80. The van der Waals surface area contributed by atoms with Gasteiger partial charge >= 0.3 is 12.1 Å². The van der Waals surface area contributed by atoms with Crippen molar-refractivity contribution in [3.8, 4) is 11.5 Å². The van der Waals surface area contributed by atoms with Crippen LogP contribution in [0.25, 0.3) is 0 Å². The van der Waals surface area contributed by atoms with Crippen LogP contribution in [0.1, 0.15) is 49.2 Å². The molecule has 0 aliphatic carbocycles. The highest BCUT2D eigenvalue weighted by Crippen LogP contribution is 2.25. The van der Waals surface area contributed by atoms with Crippen molar-refractivity contribution in [2.75, 3.05) is 19.8 Å². The summed E-state index contributed by atoms with van der Waals surface area (Å²) in [4.78, 5) is 36.2. The Morgan fingerprint density at radius 3 is 2.42 bits per heavy atom. The maximum Gasteiger partial charge on any atom is 0.407 e. The third kappa shape index (κ3) is 8.72. The van der Waals surface area contributed by atoms with Crippen LogP contribution in [-0.4, -0.2) is 48.9 Å². The molecule has 0 spiro atoms. The molecule has 0 aromatic heterocycles. The van der Waals surface area contributed by atoms with E-state index in [0.717, 1.165) is 5.56 Å². The van der Waals surface area contributed by atoms with E-state index in [0.29, 0.717) is 5.75 Å². The number of carbonyl (C=O) groups excluding carboxylic acids is 3. The molecular weight excluding hydrogens is 428 g/mol. The predicted molar refractivity (Wildman–Crippen MR) is 121 cm³/mol. The Balaban J connectivity index is 1.98. The Morgan fingerprint density at radius 1 is 1.06 bits per heavy atom. The third-order valence-corrected chi connectivity index (χ3v) is 4.38. The van der Waals surface area contributed by atoms with Gasteiger partial charge in [-0.15, -0.1) is 0 Å². The van der Waals surface area contributed by atoms with E-state index in [1.54, 1.807) is 45.0 Å². The fraction of sp³-hybridized carbons (Fsp3) is 0.375. The van der Waals surface area contributed by atoms with Crippen molar-refractivity contribution in [3.63, 3.8) is 0 Å². The minimum Gasteiger partial charge on any atom is -0.507 e. The molecule has 0 radical (unpaired) electrons. The van der Waals surface area contributed by atoms with Gasteiger partial charge < -0.3 is 30.0 Å². The molecule has 3 N–H and O–H groups in total. The van der Waals surface area contributed by atoms with Crippen LogP contribution in [0, 0.1) is 0 Å². The van der Waals surface area contributed by atoms with Gasteiger partial charge in [-0.05, 0) is 38.5 Å². The van der Waals surface area contributed by atoms with Crippen LogP contribution in [0.5, 0.6) is 11.5 Å². The number of rotatable bonds is 11. The lowest BCUT2D eigenvalue weighted by Crippen LogP contribution is -2.31. The molecule has 2 rings (SSSR count). The number of phenols is 1. The summed E-state index contributed by atoms with van der Waals surface area (Å²) < 4.78 is 15.4. The highest BCUT2D eigenvalue weighted by Gasteiger charge is 2.21. The molecule has 0 heterocycles. The van der Waals surface area contributed by atoms with E-state index in [1.165, 1.54) is 18.2 Å². The fourth-order valence-electron chi connectivity index (χ4n) is 2.93. The molecule has 33 heavy (non-hydrogen) atoms. The van der Waals surface area contributed by atoms with Gasteiger partial charge in [0.25, 0.3) is 5.91 Å². The minimum absolute atomic E-state index is 0.0331. The van der Waals surface area contributed by atoms with Crippen molar-refractivity contribution >= 4 is 18.0 Å². The largest absolute Gasteiger partial charge is 0.507 e. The number of phenolic OH excluding ortho intramolecular Hbond substituents is 1. The van der Waals surface area contributed by atoms with E-state index in [1.807, 2.05) is 6.07 Å². The number of aromatic hydroxyl groups is 1. The van der Waals surface area contributed by atoms with Gasteiger partial charge in [0.15, 0.2) is 0 Å². The molecule has 9 nitrogen and oxygen atoms in total. The number of amides is 2. The van der Waals surface area contributed by atoms with Gasteiger partial charge in [0.05, 0.1) is 37.3 Å². The lowest BCUT2D eigenvalue weighted by atomic mass is 10.0. The number of ether oxygens (including phenoxy) is 3. The first-order valence-corrected chi connectivity index (χ1v) is 10.7. The molecule has 1 unspecified atom stereocenters.